The molecule has 2 rings (SSSR count). The molecule has 0 bridgehead atoms. The molecule has 14 heavy (non-hydrogen) atoms. The number of aromatic nitrogens is 3. The van der Waals surface area contributed by atoms with E-state index >= 15 is 0 Å². The van der Waals surface area contributed by atoms with Crippen LogP contribution in [0.15, 0.2) is 30.6 Å². The third-order valence-electron chi connectivity index (χ3n) is 1.90. The molecule has 0 atom stereocenters. The zero-order valence-electron chi connectivity index (χ0n) is 7.71. The van der Waals surface area contributed by atoms with Gasteiger partial charge in [0.2, 0.25) is 0 Å². The molecular formula is C9H10N4O. The number of benzene rings is 1. The summed E-state index contributed by atoms with van der Waals surface area (Å²) in [4.78, 5) is 1.46. The molecule has 2 aromatic rings. The highest BCUT2D eigenvalue weighted by Crippen LogP contribution is 2.26. The quantitative estimate of drug-likeness (QED) is 0.713. The summed E-state index contributed by atoms with van der Waals surface area (Å²) in [6.45, 7) is 0. The van der Waals surface area contributed by atoms with Crippen molar-refractivity contribution in [2.24, 2.45) is 0 Å². The third-order valence-corrected chi connectivity index (χ3v) is 1.90. The van der Waals surface area contributed by atoms with E-state index in [1.165, 1.54) is 4.80 Å². The molecule has 0 fully saturated rings. The van der Waals surface area contributed by atoms with Gasteiger partial charge in [-0.25, -0.2) is 0 Å². The number of rotatable bonds is 2. The van der Waals surface area contributed by atoms with Crippen LogP contribution in [0.2, 0.25) is 0 Å². The fourth-order valence-electron chi connectivity index (χ4n) is 1.22. The third kappa shape index (κ3) is 1.28. The molecule has 1 heterocycles. The fraction of sp³-hybridized carbons (Fsp3) is 0.111. The van der Waals surface area contributed by atoms with Gasteiger partial charge in [-0.05, 0) is 12.1 Å². The lowest BCUT2D eigenvalue weighted by Gasteiger charge is -2.08. The Balaban J connectivity index is 2.54. The predicted molar refractivity (Wildman–Crippen MR) is 52.3 cm³/mol. The summed E-state index contributed by atoms with van der Waals surface area (Å²) in [6, 6.07) is 5.47. The molecule has 0 spiro atoms. The standard InChI is InChI=1S/C9H10N4O/c1-14-8-4-2-3-7(9(8)10)13-11-5-6-12-13/h2-6H,10H2,1H3. The molecule has 5 nitrogen and oxygen atoms in total. The maximum atomic E-state index is 5.86. The normalized spacial score (nSPS) is 10.1. The van der Waals surface area contributed by atoms with Crippen LogP contribution in [-0.2, 0) is 0 Å². The van der Waals surface area contributed by atoms with Crippen LogP contribution >= 0.6 is 0 Å². The summed E-state index contributed by atoms with van der Waals surface area (Å²) in [5, 5.41) is 7.99. The van der Waals surface area contributed by atoms with Crippen molar-refractivity contribution in [2.75, 3.05) is 12.8 Å². The minimum absolute atomic E-state index is 0.534. The van der Waals surface area contributed by atoms with Crippen molar-refractivity contribution >= 4 is 5.69 Å². The number of methoxy groups -OCH3 is 1. The van der Waals surface area contributed by atoms with E-state index in [0.29, 0.717) is 17.1 Å². The van der Waals surface area contributed by atoms with E-state index in [4.69, 9.17) is 10.5 Å². The van der Waals surface area contributed by atoms with Crippen molar-refractivity contribution in [3.63, 3.8) is 0 Å². The highest BCUT2D eigenvalue weighted by atomic mass is 16.5. The second-order valence-electron chi connectivity index (χ2n) is 2.71. The van der Waals surface area contributed by atoms with E-state index in [-0.39, 0.29) is 0 Å². The van der Waals surface area contributed by atoms with Crippen LogP contribution in [0.3, 0.4) is 0 Å². The van der Waals surface area contributed by atoms with E-state index in [1.807, 2.05) is 12.1 Å². The highest BCUT2D eigenvalue weighted by Gasteiger charge is 2.07. The number of hydrogen-bond acceptors (Lipinski definition) is 4. The van der Waals surface area contributed by atoms with E-state index in [9.17, 15) is 0 Å². The van der Waals surface area contributed by atoms with Gasteiger partial charge in [0.1, 0.15) is 17.1 Å². The van der Waals surface area contributed by atoms with Gasteiger partial charge in [0.15, 0.2) is 0 Å². The maximum absolute atomic E-state index is 5.86. The van der Waals surface area contributed by atoms with Crippen molar-refractivity contribution in [1.29, 1.82) is 0 Å². The van der Waals surface area contributed by atoms with Crippen LogP contribution in [-0.4, -0.2) is 22.1 Å². The number of para-hydroxylation sites is 1. The van der Waals surface area contributed by atoms with Crippen LogP contribution in [0.1, 0.15) is 0 Å². The first-order valence-corrected chi connectivity index (χ1v) is 4.12. The smallest absolute Gasteiger partial charge is 0.144 e. The van der Waals surface area contributed by atoms with Gasteiger partial charge in [-0.1, -0.05) is 6.07 Å². The van der Waals surface area contributed by atoms with Gasteiger partial charge in [0, 0.05) is 0 Å². The Bertz CT molecular complexity index is 424. The first-order chi connectivity index (χ1) is 6.83. The number of nitrogen functional groups attached to an aromatic ring is 1. The molecule has 1 aromatic carbocycles. The lowest BCUT2D eigenvalue weighted by molar-refractivity contribution is 0.416. The molecule has 0 saturated heterocycles. The molecular weight excluding hydrogens is 180 g/mol. The average Bonchev–Trinajstić information content (AvgIpc) is 2.71. The van der Waals surface area contributed by atoms with Crippen molar-refractivity contribution < 1.29 is 4.74 Å². The molecule has 0 radical (unpaired) electrons. The average molecular weight is 190 g/mol. The molecule has 0 unspecified atom stereocenters. The van der Waals surface area contributed by atoms with E-state index < -0.39 is 0 Å². The van der Waals surface area contributed by atoms with Crippen LogP contribution in [0.5, 0.6) is 5.75 Å². The summed E-state index contributed by atoms with van der Waals surface area (Å²) in [7, 11) is 1.58. The second kappa shape index (κ2) is 3.37. The van der Waals surface area contributed by atoms with Gasteiger partial charge >= 0.3 is 0 Å². The van der Waals surface area contributed by atoms with E-state index in [2.05, 4.69) is 10.2 Å². The Kier molecular flexibility index (Phi) is 2.06. The second-order valence-corrected chi connectivity index (χ2v) is 2.71. The minimum Gasteiger partial charge on any atom is -0.495 e. The molecule has 1 aromatic heterocycles. The monoisotopic (exact) mass is 190 g/mol. The summed E-state index contributed by atoms with van der Waals surface area (Å²) in [6.07, 6.45) is 3.19. The van der Waals surface area contributed by atoms with Crippen molar-refractivity contribution in [3.8, 4) is 11.4 Å². The van der Waals surface area contributed by atoms with Crippen molar-refractivity contribution in [2.45, 2.75) is 0 Å². The molecule has 0 amide bonds. The first-order valence-electron chi connectivity index (χ1n) is 4.12. The fourth-order valence-corrected chi connectivity index (χ4v) is 1.22. The number of hydrogen-bond donors (Lipinski definition) is 1. The Hall–Kier alpha value is -2.04. The zero-order chi connectivity index (χ0) is 9.97. The maximum Gasteiger partial charge on any atom is 0.144 e. The van der Waals surface area contributed by atoms with Gasteiger partial charge in [-0.15, -0.1) is 4.80 Å². The van der Waals surface area contributed by atoms with Gasteiger partial charge < -0.3 is 10.5 Å². The van der Waals surface area contributed by atoms with Crippen LogP contribution in [0.4, 0.5) is 5.69 Å². The van der Waals surface area contributed by atoms with Gasteiger partial charge in [-0.3, -0.25) is 0 Å². The van der Waals surface area contributed by atoms with Crippen molar-refractivity contribution in [1.82, 2.24) is 15.0 Å². The van der Waals surface area contributed by atoms with Gasteiger partial charge in [-0.2, -0.15) is 10.2 Å². The number of nitrogens with two attached hydrogens (primary N) is 1. The largest absolute Gasteiger partial charge is 0.495 e. The number of ether oxygens (including phenoxy) is 1. The predicted octanol–water partition coefficient (Wildman–Crippen LogP) is 0.858. The minimum atomic E-state index is 0.534. The van der Waals surface area contributed by atoms with E-state index in [0.717, 1.165) is 0 Å². The Morgan fingerprint density at radius 3 is 2.64 bits per heavy atom. The molecule has 0 saturated carbocycles. The number of anilines is 1. The summed E-state index contributed by atoms with van der Waals surface area (Å²) < 4.78 is 5.09. The van der Waals surface area contributed by atoms with E-state index in [1.54, 1.807) is 25.6 Å². The zero-order valence-corrected chi connectivity index (χ0v) is 7.71. The summed E-state index contributed by atoms with van der Waals surface area (Å²) >= 11 is 0. The molecule has 72 valence electrons. The van der Waals surface area contributed by atoms with Gasteiger partial charge in [0.05, 0.1) is 19.5 Å². The summed E-state index contributed by atoms with van der Waals surface area (Å²) in [5.41, 5.74) is 7.11. The SMILES string of the molecule is COc1cccc(-n2nccn2)c1N. The van der Waals surface area contributed by atoms with Gasteiger partial charge in [0.25, 0.3) is 0 Å². The Labute approximate surface area is 81.1 Å². The summed E-state index contributed by atoms with van der Waals surface area (Å²) in [5.74, 6) is 0.625. The molecule has 0 aliphatic rings. The Morgan fingerprint density at radius 1 is 1.29 bits per heavy atom. The molecule has 2 N–H and O–H groups in total. The van der Waals surface area contributed by atoms with Crippen LogP contribution in [0.25, 0.3) is 5.69 Å². The van der Waals surface area contributed by atoms with Crippen LogP contribution in [0, 0.1) is 0 Å². The Morgan fingerprint density at radius 2 is 2.00 bits per heavy atom. The van der Waals surface area contributed by atoms with Crippen molar-refractivity contribution in [3.05, 3.63) is 30.6 Å². The first kappa shape index (κ1) is 8.55. The van der Waals surface area contributed by atoms with Crippen LogP contribution < -0.4 is 10.5 Å². The molecule has 0 aliphatic carbocycles. The lowest BCUT2D eigenvalue weighted by atomic mass is 10.2. The number of nitrogens with zero attached hydrogens (tertiary/aromatic N) is 3. The molecule has 0 aliphatic heterocycles. The topological polar surface area (TPSA) is 66.0 Å². The molecule has 5 heteroatoms. The highest BCUT2D eigenvalue weighted by molar-refractivity contribution is 5.65. The lowest BCUT2D eigenvalue weighted by Crippen LogP contribution is -2.04.